The highest BCUT2D eigenvalue weighted by atomic mass is 32.2. The van der Waals surface area contributed by atoms with Crippen LogP contribution in [0.25, 0.3) is 0 Å². The molecule has 0 spiro atoms. The van der Waals surface area contributed by atoms with E-state index >= 15 is 0 Å². The monoisotopic (exact) mass is 438 g/mol. The van der Waals surface area contributed by atoms with Crippen LogP contribution >= 0.6 is 11.3 Å². The largest absolute Gasteiger partial charge is 0.317 e. The van der Waals surface area contributed by atoms with Crippen molar-refractivity contribution >= 4 is 32.3 Å². The number of rotatable bonds is 7. The van der Waals surface area contributed by atoms with E-state index in [1.165, 1.54) is 11.1 Å². The van der Waals surface area contributed by atoms with Crippen LogP contribution in [0.15, 0.2) is 0 Å². The second-order valence-electron chi connectivity index (χ2n) is 8.40. The maximum atomic E-state index is 12.5. The quantitative estimate of drug-likeness (QED) is 0.680. The molecule has 2 aliphatic rings. The molecule has 2 heterocycles. The molecule has 1 aromatic heterocycles. The van der Waals surface area contributed by atoms with Crippen LogP contribution in [-0.2, 0) is 27.7 Å². The van der Waals surface area contributed by atoms with E-state index < -0.39 is 10.0 Å². The number of nitriles is 1. The van der Waals surface area contributed by atoms with Crippen LogP contribution in [0.2, 0.25) is 0 Å². The first-order valence-electron chi connectivity index (χ1n) is 10.3. The number of nitrogens with zero attached hydrogens (tertiary/aromatic N) is 2. The number of hydrogen-bond donors (Lipinski definition) is 2. The SMILES string of the molecule is CC1CCc2c(sc(NC(=O)CCN3CCCC(CNS(C)(=O)=O)C3)c2C#N)C1. The van der Waals surface area contributed by atoms with Gasteiger partial charge in [-0.25, -0.2) is 13.1 Å². The van der Waals surface area contributed by atoms with Gasteiger partial charge in [0.05, 0.1) is 11.8 Å². The van der Waals surface area contributed by atoms with E-state index in [4.69, 9.17) is 0 Å². The smallest absolute Gasteiger partial charge is 0.226 e. The lowest BCUT2D eigenvalue weighted by Gasteiger charge is -2.32. The molecular formula is C20H30N4O3S2. The van der Waals surface area contributed by atoms with E-state index in [0.29, 0.717) is 36.0 Å². The van der Waals surface area contributed by atoms with Gasteiger partial charge < -0.3 is 10.2 Å². The van der Waals surface area contributed by atoms with Gasteiger partial charge in [0.15, 0.2) is 0 Å². The van der Waals surface area contributed by atoms with Crippen LogP contribution < -0.4 is 10.0 Å². The number of likely N-dealkylation sites (tertiary alicyclic amines) is 1. The first kappa shape index (κ1) is 22.2. The molecule has 1 aliphatic carbocycles. The molecule has 1 fully saturated rings. The van der Waals surface area contributed by atoms with Crippen molar-refractivity contribution in [3.63, 3.8) is 0 Å². The summed E-state index contributed by atoms with van der Waals surface area (Å²) in [6.07, 6.45) is 6.55. The lowest BCUT2D eigenvalue weighted by atomic mass is 9.89. The number of thiophene rings is 1. The number of amides is 1. The number of piperidine rings is 1. The molecule has 2 unspecified atom stereocenters. The molecule has 29 heavy (non-hydrogen) atoms. The highest BCUT2D eigenvalue weighted by Gasteiger charge is 2.25. The first-order valence-corrected chi connectivity index (χ1v) is 13.0. The van der Waals surface area contributed by atoms with Crippen molar-refractivity contribution in [1.29, 1.82) is 5.26 Å². The predicted molar refractivity (Wildman–Crippen MR) is 115 cm³/mol. The molecule has 3 rings (SSSR count). The van der Waals surface area contributed by atoms with Gasteiger partial charge in [-0.15, -0.1) is 11.3 Å². The summed E-state index contributed by atoms with van der Waals surface area (Å²) in [5, 5.41) is 13.2. The molecular weight excluding hydrogens is 408 g/mol. The summed E-state index contributed by atoms with van der Waals surface area (Å²) in [5.41, 5.74) is 1.78. The average molecular weight is 439 g/mol. The molecule has 1 aliphatic heterocycles. The lowest BCUT2D eigenvalue weighted by Crippen LogP contribution is -2.41. The molecule has 7 nitrogen and oxygen atoms in total. The molecule has 2 N–H and O–H groups in total. The molecule has 9 heteroatoms. The van der Waals surface area contributed by atoms with Crippen molar-refractivity contribution in [2.75, 3.05) is 37.8 Å². The Labute approximate surface area is 177 Å². The number of hydrogen-bond acceptors (Lipinski definition) is 6. The summed E-state index contributed by atoms with van der Waals surface area (Å²) in [5.74, 6) is 0.836. The van der Waals surface area contributed by atoms with Crippen molar-refractivity contribution in [2.45, 2.75) is 45.4 Å². The molecule has 0 aromatic carbocycles. The Morgan fingerprint density at radius 2 is 2.17 bits per heavy atom. The standard InChI is InChI=1S/C20H30N4O3S2/c1-14-5-6-16-17(11-21)20(28-18(16)10-14)23-19(25)7-9-24-8-3-4-15(13-24)12-22-29(2,26)27/h14-15,22H,3-10,12-13H2,1-2H3,(H,23,25). The zero-order valence-corrected chi connectivity index (χ0v) is 18.8. The third-order valence-electron chi connectivity index (χ3n) is 5.77. The minimum absolute atomic E-state index is 0.0653. The summed E-state index contributed by atoms with van der Waals surface area (Å²) in [4.78, 5) is 16.0. The molecule has 0 radical (unpaired) electrons. The maximum Gasteiger partial charge on any atom is 0.226 e. The minimum Gasteiger partial charge on any atom is -0.317 e. The van der Waals surface area contributed by atoms with E-state index in [2.05, 4.69) is 27.9 Å². The lowest BCUT2D eigenvalue weighted by molar-refractivity contribution is -0.116. The van der Waals surface area contributed by atoms with Gasteiger partial charge >= 0.3 is 0 Å². The van der Waals surface area contributed by atoms with Crippen molar-refractivity contribution in [2.24, 2.45) is 11.8 Å². The number of sulfonamides is 1. The Kier molecular flexibility index (Phi) is 7.32. The molecule has 0 bridgehead atoms. The van der Waals surface area contributed by atoms with Gasteiger partial charge in [-0.1, -0.05) is 6.92 Å². The number of nitrogens with one attached hydrogen (secondary N) is 2. The van der Waals surface area contributed by atoms with E-state index in [9.17, 15) is 18.5 Å². The summed E-state index contributed by atoms with van der Waals surface area (Å²) in [6, 6.07) is 2.29. The fourth-order valence-corrected chi connectivity index (χ4v) is 6.11. The number of carbonyl (C=O) groups is 1. The van der Waals surface area contributed by atoms with E-state index in [1.807, 2.05) is 0 Å². The average Bonchev–Trinajstić information content (AvgIpc) is 3.00. The summed E-state index contributed by atoms with van der Waals surface area (Å²) < 4.78 is 25.2. The fraction of sp³-hybridized carbons (Fsp3) is 0.700. The molecule has 1 amide bonds. The Hall–Kier alpha value is -1.47. The van der Waals surface area contributed by atoms with Gasteiger partial charge in [0.1, 0.15) is 11.1 Å². The summed E-state index contributed by atoms with van der Waals surface area (Å²) in [6.45, 7) is 5.05. The van der Waals surface area contributed by atoms with E-state index in [1.54, 1.807) is 11.3 Å². The second-order valence-corrected chi connectivity index (χ2v) is 11.3. The van der Waals surface area contributed by atoms with Crippen LogP contribution in [0.1, 0.15) is 48.6 Å². The van der Waals surface area contributed by atoms with Crippen LogP contribution in [0.4, 0.5) is 5.00 Å². The van der Waals surface area contributed by atoms with Crippen molar-refractivity contribution in [1.82, 2.24) is 9.62 Å². The molecule has 1 aromatic rings. The van der Waals surface area contributed by atoms with Gasteiger partial charge in [-0.2, -0.15) is 5.26 Å². The van der Waals surface area contributed by atoms with Crippen LogP contribution in [-0.4, -0.2) is 51.7 Å². The van der Waals surface area contributed by atoms with Gasteiger partial charge in [0, 0.05) is 30.9 Å². The second kappa shape index (κ2) is 9.56. The van der Waals surface area contributed by atoms with E-state index in [0.717, 1.165) is 50.8 Å². The van der Waals surface area contributed by atoms with Gasteiger partial charge in [-0.3, -0.25) is 4.79 Å². The topological polar surface area (TPSA) is 102 Å². The van der Waals surface area contributed by atoms with Crippen LogP contribution in [0.3, 0.4) is 0 Å². The Morgan fingerprint density at radius 1 is 1.38 bits per heavy atom. The zero-order valence-electron chi connectivity index (χ0n) is 17.2. The molecule has 0 saturated carbocycles. The zero-order chi connectivity index (χ0) is 21.0. The Balaban J connectivity index is 1.51. The van der Waals surface area contributed by atoms with Crippen LogP contribution in [0, 0.1) is 23.2 Å². The molecule has 2 atom stereocenters. The third-order valence-corrected chi connectivity index (χ3v) is 7.63. The number of carbonyl (C=O) groups excluding carboxylic acids is 1. The number of fused-ring (bicyclic) bond motifs is 1. The van der Waals surface area contributed by atoms with Crippen molar-refractivity contribution in [3.8, 4) is 6.07 Å². The predicted octanol–water partition coefficient (Wildman–Crippen LogP) is 2.33. The highest BCUT2D eigenvalue weighted by molar-refractivity contribution is 7.88. The third kappa shape index (κ3) is 6.25. The van der Waals surface area contributed by atoms with Crippen molar-refractivity contribution in [3.05, 3.63) is 16.0 Å². The van der Waals surface area contributed by atoms with E-state index in [-0.39, 0.29) is 11.8 Å². The highest BCUT2D eigenvalue weighted by Crippen LogP contribution is 2.39. The summed E-state index contributed by atoms with van der Waals surface area (Å²) >= 11 is 1.56. The van der Waals surface area contributed by atoms with Gasteiger partial charge in [0.25, 0.3) is 0 Å². The molecule has 160 valence electrons. The molecule has 1 saturated heterocycles. The Bertz CT molecular complexity index is 888. The van der Waals surface area contributed by atoms with Gasteiger partial charge in [-0.05, 0) is 56.0 Å². The van der Waals surface area contributed by atoms with Crippen molar-refractivity contribution < 1.29 is 13.2 Å². The Morgan fingerprint density at radius 3 is 2.90 bits per heavy atom. The van der Waals surface area contributed by atoms with Crippen LogP contribution in [0.5, 0.6) is 0 Å². The minimum atomic E-state index is -3.17. The fourth-order valence-electron chi connectivity index (χ4n) is 4.20. The first-order chi connectivity index (χ1) is 13.7. The normalized spacial score (nSPS) is 22.7. The summed E-state index contributed by atoms with van der Waals surface area (Å²) in [7, 11) is -3.17. The van der Waals surface area contributed by atoms with Gasteiger partial charge in [0.2, 0.25) is 15.9 Å². The number of anilines is 1. The maximum absolute atomic E-state index is 12.5.